The number of aromatic nitrogens is 1. The molecule has 0 aliphatic rings. The summed E-state index contributed by atoms with van der Waals surface area (Å²) in [5.41, 5.74) is 6.49. The smallest absolute Gasteiger partial charge is 0.338 e. The first-order valence-electron chi connectivity index (χ1n) is 11.9. The summed E-state index contributed by atoms with van der Waals surface area (Å²) in [6.07, 6.45) is -0.171. The average molecular weight is 469 g/mol. The molecule has 0 aliphatic heterocycles. The van der Waals surface area contributed by atoms with E-state index in [-0.39, 0.29) is 18.1 Å². The first-order chi connectivity index (χ1) is 16.9. The number of carbonyl (C=O) groups excluding carboxylic acids is 1. The molecule has 0 spiro atoms. The lowest BCUT2D eigenvalue weighted by molar-refractivity contribution is 0.0377. The molecule has 1 unspecified atom stereocenters. The summed E-state index contributed by atoms with van der Waals surface area (Å²) in [6, 6.07) is 24.2. The van der Waals surface area contributed by atoms with Gasteiger partial charge in [0, 0.05) is 18.0 Å². The minimum atomic E-state index is -0.300. The van der Waals surface area contributed by atoms with Gasteiger partial charge in [0.25, 0.3) is 0 Å². The maximum absolute atomic E-state index is 12.7. The van der Waals surface area contributed by atoms with Crippen LogP contribution in [0.25, 0.3) is 22.0 Å². The number of ether oxygens (including phenoxy) is 2. The predicted octanol–water partition coefficient (Wildman–Crippen LogP) is 6.63. The van der Waals surface area contributed by atoms with E-state index >= 15 is 0 Å². The van der Waals surface area contributed by atoms with Crippen LogP contribution in [0.4, 0.5) is 0 Å². The van der Waals surface area contributed by atoms with Crippen LogP contribution < -0.4 is 10.1 Å². The third-order valence-electron chi connectivity index (χ3n) is 6.04. The number of rotatable bonds is 8. The van der Waals surface area contributed by atoms with E-state index in [0.717, 1.165) is 44.6 Å². The number of methoxy groups -OCH3 is 1. The standard InChI is InChI=1S/C30H32N2O3/c1-19(2)35-30(33)26-16-23(14-13-20(26)3)27-17-29(32-28-12-7-6-11-25(27)28)21(4)31-18-22-9-8-10-24(15-22)34-5/h6-17,19,21,31H,18H2,1-5H3. The SMILES string of the molecule is COc1cccc(CNC(C)c2cc(-c3ccc(C)c(C(=O)OC(C)C)c3)c3ccccc3n2)c1. The molecule has 5 heteroatoms. The highest BCUT2D eigenvalue weighted by atomic mass is 16.5. The van der Waals surface area contributed by atoms with Gasteiger partial charge in [0.15, 0.2) is 0 Å². The van der Waals surface area contributed by atoms with Gasteiger partial charge in [-0.15, -0.1) is 0 Å². The van der Waals surface area contributed by atoms with E-state index in [9.17, 15) is 4.79 Å². The maximum Gasteiger partial charge on any atom is 0.338 e. The summed E-state index contributed by atoms with van der Waals surface area (Å²) in [5.74, 6) is 0.542. The summed E-state index contributed by atoms with van der Waals surface area (Å²) < 4.78 is 10.8. The molecule has 0 amide bonds. The molecule has 0 bridgehead atoms. The van der Waals surface area contributed by atoms with Crippen LogP contribution in [0.1, 0.15) is 54.0 Å². The van der Waals surface area contributed by atoms with E-state index in [1.807, 2.05) is 69.3 Å². The van der Waals surface area contributed by atoms with Gasteiger partial charge in [-0.25, -0.2) is 4.79 Å². The number of nitrogens with zero attached hydrogens (tertiary/aromatic N) is 1. The van der Waals surface area contributed by atoms with Crippen molar-refractivity contribution in [3.8, 4) is 16.9 Å². The number of aryl methyl sites for hydroxylation is 1. The van der Waals surface area contributed by atoms with Gasteiger partial charge in [-0.3, -0.25) is 4.98 Å². The first kappa shape index (κ1) is 24.4. The Morgan fingerprint density at radius 1 is 0.971 bits per heavy atom. The highest BCUT2D eigenvalue weighted by molar-refractivity contribution is 5.98. The Hall–Kier alpha value is -3.70. The van der Waals surface area contributed by atoms with Crippen molar-refractivity contribution in [1.29, 1.82) is 0 Å². The minimum Gasteiger partial charge on any atom is -0.497 e. The molecule has 0 aliphatic carbocycles. The minimum absolute atomic E-state index is 0.0142. The lowest BCUT2D eigenvalue weighted by Gasteiger charge is -2.17. The fourth-order valence-electron chi connectivity index (χ4n) is 4.10. The molecule has 180 valence electrons. The number of hydrogen-bond donors (Lipinski definition) is 1. The van der Waals surface area contributed by atoms with Crippen molar-refractivity contribution in [3.63, 3.8) is 0 Å². The number of benzene rings is 3. The number of para-hydroxylation sites is 1. The molecule has 1 atom stereocenters. The Bertz CT molecular complexity index is 1350. The van der Waals surface area contributed by atoms with E-state index in [1.165, 1.54) is 0 Å². The lowest BCUT2D eigenvalue weighted by Crippen LogP contribution is -2.19. The molecule has 0 saturated carbocycles. The Balaban J connectivity index is 1.69. The molecule has 1 N–H and O–H groups in total. The lowest BCUT2D eigenvalue weighted by atomic mass is 9.95. The van der Waals surface area contributed by atoms with Crippen molar-refractivity contribution in [2.75, 3.05) is 7.11 Å². The summed E-state index contributed by atoms with van der Waals surface area (Å²) in [5, 5.41) is 4.62. The van der Waals surface area contributed by atoms with E-state index in [2.05, 4.69) is 36.5 Å². The van der Waals surface area contributed by atoms with E-state index in [1.54, 1.807) is 7.11 Å². The van der Waals surface area contributed by atoms with Crippen LogP contribution in [0.3, 0.4) is 0 Å². The Morgan fingerprint density at radius 2 is 1.77 bits per heavy atom. The van der Waals surface area contributed by atoms with Crippen molar-refractivity contribution in [2.24, 2.45) is 0 Å². The van der Waals surface area contributed by atoms with Gasteiger partial charge in [0.1, 0.15) is 5.75 Å². The largest absolute Gasteiger partial charge is 0.497 e. The van der Waals surface area contributed by atoms with Gasteiger partial charge in [0.2, 0.25) is 0 Å². The number of esters is 1. The molecule has 3 aromatic carbocycles. The molecular formula is C30H32N2O3. The van der Waals surface area contributed by atoms with Crippen LogP contribution >= 0.6 is 0 Å². The van der Waals surface area contributed by atoms with Gasteiger partial charge >= 0.3 is 5.97 Å². The monoisotopic (exact) mass is 468 g/mol. The summed E-state index contributed by atoms with van der Waals surface area (Å²) in [4.78, 5) is 17.7. The van der Waals surface area contributed by atoms with Gasteiger partial charge < -0.3 is 14.8 Å². The Kier molecular flexibility index (Phi) is 7.47. The van der Waals surface area contributed by atoms with Gasteiger partial charge in [-0.05, 0) is 80.3 Å². The summed E-state index contributed by atoms with van der Waals surface area (Å²) in [7, 11) is 1.68. The van der Waals surface area contributed by atoms with Crippen molar-refractivity contribution in [3.05, 3.63) is 95.2 Å². The third-order valence-corrected chi connectivity index (χ3v) is 6.04. The maximum atomic E-state index is 12.7. The van der Waals surface area contributed by atoms with Crippen LogP contribution in [0, 0.1) is 6.92 Å². The second-order valence-corrected chi connectivity index (χ2v) is 9.05. The summed E-state index contributed by atoms with van der Waals surface area (Å²) in [6.45, 7) is 8.46. The van der Waals surface area contributed by atoms with Gasteiger partial charge in [0.05, 0.1) is 30.0 Å². The van der Waals surface area contributed by atoms with Crippen LogP contribution in [0.15, 0.2) is 72.8 Å². The van der Waals surface area contributed by atoms with Crippen LogP contribution in [-0.4, -0.2) is 24.2 Å². The van der Waals surface area contributed by atoms with E-state index in [4.69, 9.17) is 14.5 Å². The predicted molar refractivity (Wildman–Crippen MR) is 141 cm³/mol. The second kappa shape index (κ2) is 10.7. The number of pyridine rings is 1. The molecular weight excluding hydrogens is 436 g/mol. The molecule has 4 rings (SSSR count). The second-order valence-electron chi connectivity index (χ2n) is 9.05. The highest BCUT2D eigenvalue weighted by Crippen LogP contribution is 2.32. The summed E-state index contributed by atoms with van der Waals surface area (Å²) >= 11 is 0. The zero-order chi connectivity index (χ0) is 24.9. The Morgan fingerprint density at radius 3 is 2.54 bits per heavy atom. The van der Waals surface area contributed by atoms with Crippen molar-refractivity contribution < 1.29 is 14.3 Å². The first-order valence-corrected chi connectivity index (χ1v) is 11.9. The van der Waals surface area contributed by atoms with Crippen molar-refractivity contribution >= 4 is 16.9 Å². The van der Waals surface area contributed by atoms with Crippen LogP contribution in [0.2, 0.25) is 0 Å². The molecule has 0 fully saturated rings. The molecule has 4 aromatic rings. The zero-order valence-electron chi connectivity index (χ0n) is 21.0. The number of hydrogen-bond acceptors (Lipinski definition) is 5. The molecule has 1 heterocycles. The molecule has 0 saturated heterocycles. The normalized spacial score (nSPS) is 12.1. The van der Waals surface area contributed by atoms with Crippen LogP contribution in [-0.2, 0) is 11.3 Å². The van der Waals surface area contributed by atoms with Gasteiger partial charge in [-0.2, -0.15) is 0 Å². The van der Waals surface area contributed by atoms with Crippen LogP contribution in [0.5, 0.6) is 5.75 Å². The highest BCUT2D eigenvalue weighted by Gasteiger charge is 2.17. The van der Waals surface area contributed by atoms with Crippen molar-refractivity contribution in [1.82, 2.24) is 10.3 Å². The number of fused-ring (bicyclic) bond motifs is 1. The topological polar surface area (TPSA) is 60.5 Å². The Labute approximate surface area is 207 Å². The number of carbonyl (C=O) groups is 1. The zero-order valence-corrected chi connectivity index (χ0v) is 21.0. The fourth-order valence-corrected chi connectivity index (χ4v) is 4.10. The molecule has 0 radical (unpaired) electrons. The van der Waals surface area contributed by atoms with Gasteiger partial charge in [-0.1, -0.05) is 42.5 Å². The van der Waals surface area contributed by atoms with Crippen molar-refractivity contribution in [2.45, 2.75) is 46.4 Å². The number of nitrogens with one attached hydrogen (secondary N) is 1. The average Bonchev–Trinajstić information content (AvgIpc) is 2.86. The molecule has 35 heavy (non-hydrogen) atoms. The fraction of sp³-hybridized carbons (Fsp3) is 0.267. The van der Waals surface area contributed by atoms with E-state index in [0.29, 0.717) is 12.1 Å². The third kappa shape index (κ3) is 5.69. The molecule has 5 nitrogen and oxygen atoms in total. The quantitative estimate of drug-likeness (QED) is 0.294. The molecule has 1 aromatic heterocycles. The van der Waals surface area contributed by atoms with E-state index < -0.39 is 0 Å².